The van der Waals surface area contributed by atoms with Crippen molar-refractivity contribution in [2.75, 3.05) is 0 Å². The monoisotopic (exact) mass is 268 g/mol. The first kappa shape index (κ1) is 16.1. The molecule has 0 aromatic heterocycles. The molecular weight excluding hydrogens is 260 g/mol. The van der Waals surface area contributed by atoms with E-state index < -0.39 is 36.6 Å². The summed E-state index contributed by atoms with van der Waals surface area (Å²) < 4.78 is 51.9. The Labute approximate surface area is 99.2 Å². The van der Waals surface area contributed by atoms with E-state index in [0.29, 0.717) is 12.2 Å². The van der Waals surface area contributed by atoms with Gasteiger partial charge in [-0.3, -0.25) is 0 Å². The second-order valence-corrected chi connectivity index (χ2v) is 3.26. The van der Waals surface area contributed by atoms with Gasteiger partial charge in [-0.25, -0.2) is 0 Å². The van der Waals surface area contributed by atoms with Crippen LogP contribution in [0.2, 0.25) is 0 Å². The summed E-state index contributed by atoms with van der Waals surface area (Å²) in [6.45, 7) is 0. The highest BCUT2D eigenvalue weighted by molar-refractivity contribution is 5.77. The van der Waals surface area contributed by atoms with E-state index in [1.807, 2.05) is 0 Å². The van der Waals surface area contributed by atoms with E-state index in [1.54, 1.807) is 0 Å². The van der Waals surface area contributed by atoms with Gasteiger partial charge in [0.15, 0.2) is 0 Å². The van der Waals surface area contributed by atoms with Crippen molar-refractivity contribution in [2.45, 2.75) is 24.7 Å². The zero-order valence-electron chi connectivity index (χ0n) is 8.87. The predicted octanol–water partition coefficient (Wildman–Crippen LogP) is -0.351. The first-order valence-corrected chi connectivity index (χ1v) is 4.59. The van der Waals surface area contributed by atoms with Crippen molar-refractivity contribution in [1.29, 1.82) is 0 Å². The van der Waals surface area contributed by atoms with Gasteiger partial charge in [0, 0.05) is 12.8 Å². The fraction of sp³-hybridized carbons (Fsp3) is 0.400. The molecule has 0 unspecified atom stereocenters. The lowest BCUT2D eigenvalue weighted by atomic mass is 10.0. The number of carbonyl (C=O) groups is 2. The molecule has 0 spiro atoms. The maximum absolute atomic E-state index is 13.0. The molecule has 0 aliphatic heterocycles. The van der Waals surface area contributed by atoms with Gasteiger partial charge in [0.1, 0.15) is 0 Å². The molecule has 102 valence electrons. The molecule has 0 amide bonds. The first-order valence-electron chi connectivity index (χ1n) is 4.59. The zero-order valence-corrected chi connectivity index (χ0v) is 8.87. The molecule has 0 saturated carbocycles. The summed E-state index contributed by atoms with van der Waals surface area (Å²) in [6.07, 6.45) is -1.92. The lowest BCUT2D eigenvalue weighted by Gasteiger charge is -2.24. The predicted molar refractivity (Wildman–Crippen MR) is 47.4 cm³/mol. The zero-order chi connectivity index (χ0) is 14.4. The van der Waals surface area contributed by atoms with Crippen LogP contribution in [0.1, 0.15) is 12.8 Å². The summed E-state index contributed by atoms with van der Waals surface area (Å²) in [5.41, 5.74) is 0. The third kappa shape index (κ3) is 5.46. The molecule has 0 aliphatic carbocycles. The van der Waals surface area contributed by atoms with Crippen LogP contribution in [-0.4, -0.2) is 23.8 Å². The van der Waals surface area contributed by atoms with Crippen LogP contribution in [0.3, 0.4) is 0 Å². The highest BCUT2D eigenvalue weighted by Crippen LogP contribution is 2.39. The molecule has 4 nitrogen and oxygen atoms in total. The van der Waals surface area contributed by atoms with Crippen LogP contribution in [0.5, 0.6) is 0 Å². The van der Waals surface area contributed by atoms with Crippen LogP contribution in [0.4, 0.5) is 17.6 Å². The molecule has 0 fully saturated rings. The molecule has 18 heavy (non-hydrogen) atoms. The average molecular weight is 268 g/mol. The molecule has 0 saturated heterocycles. The molecule has 0 aromatic rings. The number of aliphatic carboxylic acids is 2. The Morgan fingerprint density at radius 2 is 1.11 bits per heavy atom. The van der Waals surface area contributed by atoms with E-state index >= 15 is 0 Å². The second kappa shape index (κ2) is 6.18. The van der Waals surface area contributed by atoms with Gasteiger partial charge in [0.2, 0.25) is 0 Å². The fourth-order valence-corrected chi connectivity index (χ4v) is 0.905. The fourth-order valence-electron chi connectivity index (χ4n) is 0.905. The summed E-state index contributed by atoms with van der Waals surface area (Å²) in [5.74, 6) is -12.6. The van der Waals surface area contributed by atoms with Gasteiger partial charge < -0.3 is 19.8 Å². The van der Waals surface area contributed by atoms with Gasteiger partial charge in [-0.1, -0.05) is 12.2 Å². The quantitative estimate of drug-likeness (QED) is 0.467. The van der Waals surface area contributed by atoms with Crippen LogP contribution in [0, 0.1) is 0 Å². The van der Waals surface area contributed by atoms with E-state index in [-0.39, 0.29) is 12.2 Å². The Bertz CT molecular complexity index is 338. The lowest BCUT2D eigenvalue weighted by Crippen LogP contribution is -2.39. The molecule has 0 bridgehead atoms. The Hall–Kier alpha value is -1.86. The van der Waals surface area contributed by atoms with E-state index in [1.165, 1.54) is 0 Å². The Morgan fingerprint density at radius 1 is 0.833 bits per heavy atom. The number of hydrogen-bond acceptors (Lipinski definition) is 4. The van der Waals surface area contributed by atoms with Crippen molar-refractivity contribution < 1.29 is 37.4 Å². The van der Waals surface area contributed by atoms with Crippen molar-refractivity contribution in [3.63, 3.8) is 0 Å². The van der Waals surface area contributed by atoms with Crippen LogP contribution in [0.25, 0.3) is 0 Å². The van der Waals surface area contributed by atoms with Crippen LogP contribution in [-0.2, 0) is 9.59 Å². The molecule has 0 N–H and O–H groups in total. The normalized spacial score (nSPS) is 13.3. The van der Waals surface area contributed by atoms with Crippen LogP contribution >= 0.6 is 0 Å². The Kier molecular flexibility index (Phi) is 5.54. The van der Waals surface area contributed by atoms with E-state index in [9.17, 15) is 37.4 Å². The SMILES string of the molecule is O=C([O-])/C=C/CC(F)(F)C(F)(F)C/C=C/C(=O)[O-]. The summed E-state index contributed by atoms with van der Waals surface area (Å²) >= 11 is 0. The number of carboxylic acid groups (broad SMARTS) is 2. The number of carbonyl (C=O) groups excluding carboxylic acids is 2. The number of rotatable bonds is 7. The van der Waals surface area contributed by atoms with Gasteiger partial charge in [0.05, 0.1) is 11.9 Å². The molecule has 0 aliphatic rings. The number of halogens is 4. The summed E-state index contributed by atoms with van der Waals surface area (Å²) in [7, 11) is 0. The minimum atomic E-state index is -4.50. The van der Waals surface area contributed by atoms with Crippen molar-refractivity contribution in [3.8, 4) is 0 Å². The summed E-state index contributed by atoms with van der Waals surface area (Å²) in [6, 6.07) is 0. The maximum Gasteiger partial charge on any atom is 0.313 e. The largest absolute Gasteiger partial charge is 0.545 e. The smallest absolute Gasteiger partial charge is 0.313 e. The van der Waals surface area contributed by atoms with E-state index in [0.717, 1.165) is 0 Å². The van der Waals surface area contributed by atoms with Gasteiger partial charge in [-0.15, -0.1) is 0 Å². The van der Waals surface area contributed by atoms with Crippen molar-refractivity contribution in [3.05, 3.63) is 24.3 Å². The number of alkyl halides is 4. The summed E-state index contributed by atoms with van der Waals surface area (Å²) in [4.78, 5) is 19.7. The van der Waals surface area contributed by atoms with Crippen LogP contribution in [0.15, 0.2) is 24.3 Å². The molecule has 0 aromatic carbocycles. The third-order valence-corrected chi connectivity index (χ3v) is 1.79. The van der Waals surface area contributed by atoms with E-state index in [2.05, 4.69) is 0 Å². The second-order valence-electron chi connectivity index (χ2n) is 3.26. The van der Waals surface area contributed by atoms with E-state index in [4.69, 9.17) is 0 Å². The molecule has 0 heterocycles. The maximum atomic E-state index is 13.0. The first-order chi connectivity index (χ1) is 8.08. The van der Waals surface area contributed by atoms with Gasteiger partial charge in [-0.2, -0.15) is 17.6 Å². The minimum absolute atomic E-state index is 0.209. The Balaban J connectivity index is 4.63. The molecule has 0 radical (unpaired) electrons. The van der Waals surface area contributed by atoms with Gasteiger partial charge >= 0.3 is 11.8 Å². The third-order valence-electron chi connectivity index (χ3n) is 1.79. The van der Waals surface area contributed by atoms with Crippen molar-refractivity contribution in [2.24, 2.45) is 0 Å². The topological polar surface area (TPSA) is 80.3 Å². The number of allylic oxidation sites excluding steroid dienone is 2. The van der Waals surface area contributed by atoms with Gasteiger partial charge in [0.25, 0.3) is 0 Å². The number of hydrogen-bond donors (Lipinski definition) is 0. The van der Waals surface area contributed by atoms with Crippen molar-refractivity contribution in [1.82, 2.24) is 0 Å². The molecule has 0 rings (SSSR count). The molecular formula is C10H8F4O4-2. The standard InChI is InChI=1S/C10H10F4O4/c11-9(12,5-1-3-7(15)16)10(13,14)6-2-4-8(17)18/h1-4H,5-6H2,(H,15,16)(H,17,18)/p-2/b3-1+,4-2+. The van der Waals surface area contributed by atoms with Crippen LogP contribution < -0.4 is 10.2 Å². The molecule has 0 atom stereocenters. The highest BCUT2D eigenvalue weighted by atomic mass is 19.3. The van der Waals surface area contributed by atoms with Crippen molar-refractivity contribution >= 4 is 11.9 Å². The number of carboxylic acids is 2. The van der Waals surface area contributed by atoms with Gasteiger partial charge in [-0.05, 0) is 12.2 Å². The molecule has 8 heteroatoms. The highest BCUT2D eigenvalue weighted by Gasteiger charge is 2.53. The minimum Gasteiger partial charge on any atom is -0.545 e. The average Bonchev–Trinajstić information content (AvgIpc) is 2.15. The lowest BCUT2D eigenvalue weighted by molar-refractivity contribution is -0.299. The Morgan fingerprint density at radius 3 is 1.33 bits per heavy atom. The summed E-state index contributed by atoms with van der Waals surface area (Å²) in [5, 5.41) is 19.7.